The van der Waals surface area contributed by atoms with Gasteiger partial charge in [0.2, 0.25) is 5.69 Å². The van der Waals surface area contributed by atoms with Crippen LogP contribution in [0.3, 0.4) is 0 Å². The van der Waals surface area contributed by atoms with E-state index in [1.165, 1.54) is 13.1 Å². The van der Waals surface area contributed by atoms with E-state index in [2.05, 4.69) is 0 Å². The molecular formula is C12H15NO3. The molecule has 86 valence electrons. The van der Waals surface area contributed by atoms with Crippen molar-refractivity contribution in [1.82, 2.24) is 0 Å². The molecule has 1 unspecified atom stereocenters. The molecule has 0 bridgehead atoms. The number of pyridine rings is 1. The third-order valence-electron chi connectivity index (χ3n) is 2.99. The van der Waals surface area contributed by atoms with E-state index in [-0.39, 0.29) is 12.1 Å². The molecule has 2 rings (SSSR count). The third-order valence-corrected chi connectivity index (χ3v) is 2.99. The Balaban J connectivity index is 2.44. The molecule has 0 spiro atoms. The van der Waals surface area contributed by atoms with E-state index in [1.807, 2.05) is 13.0 Å². The molecule has 0 radical (unpaired) electrons. The van der Waals surface area contributed by atoms with E-state index >= 15 is 0 Å². The molecular weight excluding hydrogens is 206 g/mol. The number of ether oxygens (including phenoxy) is 1. The van der Waals surface area contributed by atoms with Crippen LogP contribution in [-0.4, -0.2) is 5.97 Å². The molecule has 4 nitrogen and oxygen atoms in total. The van der Waals surface area contributed by atoms with Gasteiger partial charge in [0.25, 0.3) is 0 Å². The number of hydrogen-bond acceptors (Lipinski definition) is 3. The quantitative estimate of drug-likeness (QED) is 0.411. The van der Waals surface area contributed by atoms with Crippen LogP contribution >= 0.6 is 0 Å². The van der Waals surface area contributed by atoms with Crippen molar-refractivity contribution in [3.8, 4) is 0 Å². The Morgan fingerprint density at radius 1 is 1.62 bits per heavy atom. The summed E-state index contributed by atoms with van der Waals surface area (Å²) in [5.74, 6) is -0.334. The van der Waals surface area contributed by atoms with E-state index in [0.29, 0.717) is 5.69 Å². The van der Waals surface area contributed by atoms with Crippen molar-refractivity contribution in [1.29, 1.82) is 0 Å². The highest BCUT2D eigenvalue weighted by molar-refractivity contribution is 5.66. The normalized spacial score (nSPS) is 19.0. The van der Waals surface area contributed by atoms with E-state index in [9.17, 15) is 10.0 Å². The van der Waals surface area contributed by atoms with Crippen molar-refractivity contribution in [2.75, 3.05) is 0 Å². The molecule has 0 aromatic carbocycles. The second kappa shape index (κ2) is 4.12. The summed E-state index contributed by atoms with van der Waals surface area (Å²) in [6.07, 6.45) is 3.69. The summed E-state index contributed by atoms with van der Waals surface area (Å²) < 4.78 is 6.02. The average molecular weight is 221 g/mol. The number of esters is 1. The number of aryl methyl sites for hydroxylation is 1. The Kier molecular flexibility index (Phi) is 2.81. The van der Waals surface area contributed by atoms with Crippen molar-refractivity contribution in [3.63, 3.8) is 0 Å². The van der Waals surface area contributed by atoms with Crippen LogP contribution in [0.5, 0.6) is 0 Å². The number of rotatable bonds is 1. The van der Waals surface area contributed by atoms with Crippen LogP contribution in [0.25, 0.3) is 0 Å². The standard InChI is InChI=1S/C12H15NO3/c1-8-6-7-13(15)12-10(8)4-3-5-11(12)16-9(2)14/h6-7,11H,3-5H2,1-2H3. The Bertz CT molecular complexity index is 429. The first-order valence-electron chi connectivity index (χ1n) is 5.48. The topological polar surface area (TPSA) is 53.2 Å². The molecule has 16 heavy (non-hydrogen) atoms. The Labute approximate surface area is 94.4 Å². The lowest BCUT2D eigenvalue weighted by Crippen LogP contribution is -2.38. The van der Waals surface area contributed by atoms with Crippen LogP contribution in [-0.2, 0) is 16.0 Å². The smallest absolute Gasteiger partial charge is 0.303 e. The van der Waals surface area contributed by atoms with Gasteiger partial charge in [-0.15, -0.1) is 0 Å². The predicted molar refractivity (Wildman–Crippen MR) is 57.6 cm³/mol. The molecule has 4 heteroatoms. The van der Waals surface area contributed by atoms with Gasteiger partial charge in [-0.25, -0.2) is 0 Å². The van der Waals surface area contributed by atoms with E-state index in [4.69, 9.17) is 4.74 Å². The number of carbonyl (C=O) groups excluding carboxylic acids is 1. The van der Waals surface area contributed by atoms with Crippen molar-refractivity contribution in [2.45, 2.75) is 39.2 Å². The maximum Gasteiger partial charge on any atom is 0.303 e. The number of fused-ring (bicyclic) bond motifs is 1. The van der Waals surface area contributed by atoms with Crippen LogP contribution < -0.4 is 4.73 Å². The van der Waals surface area contributed by atoms with Gasteiger partial charge in [-0.2, -0.15) is 4.73 Å². The molecule has 0 saturated carbocycles. The monoisotopic (exact) mass is 221 g/mol. The molecule has 1 aliphatic carbocycles. The van der Waals surface area contributed by atoms with Gasteiger partial charge >= 0.3 is 5.97 Å². The minimum Gasteiger partial charge on any atom is -0.618 e. The summed E-state index contributed by atoms with van der Waals surface area (Å²) in [5.41, 5.74) is 2.75. The summed E-state index contributed by atoms with van der Waals surface area (Å²) in [5, 5.41) is 11.7. The average Bonchev–Trinajstić information content (AvgIpc) is 2.23. The Morgan fingerprint density at radius 2 is 2.38 bits per heavy atom. The fourth-order valence-corrected chi connectivity index (χ4v) is 2.27. The molecule has 0 aliphatic heterocycles. The summed E-state index contributed by atoms with van der Waals surface area (Å²) in [4.78, 5) is 11.0. The predicted octanol–water partition coefficient (Wildman–Crippen LogP) is 1.57. The maximum atomic E-state index is 11.7. The Hall–Kier alpha value is -1.58. The van der Waals surface area contributed by atoms with Gasteiger partial charge < -0.3 is 9.94 Å². The number of nitrogens with zero attached hydrogens (tertiary/aromatic N) is 1. The van der Waals surface area contributed by atoms with Gasteiger partial charge in [0.05, 0.1) is 0 Å². The summed E-state index contributed by atoms with van der Waals surface area (Å²) in [6, 6.07) is 1.81. The van der Waals surface area contributed by atoms with Gasteiger partial charge in [0.15, 0.2) is 12.3 Å². The van der Waals surface area contributed by atoms with Crippen LogP contribution in [0.4, 0.5) is 0 Å². The van der Waals surface area contributed by atoms with Gasteiger partial charge in [-0.3, -0.25) is 4.79 Å². The summed E-state index contributed by atoms with van der Waals surface area (Å²) in [6.45, 7) is 3.36. The van der Waals surface area contributed by atoms with Crippen molar-refractivity contribution in [2.24, 2.45) is 0 Å². The maximum absolute atomic E-state index is 11.7. The molecule has 1 aromatic heterocycles. The first-order valence-corrected chi connectivity index (χ1v) is 5.48. The second-order valence-corrected chi connectivity index (χ2v) is 4.18. The first-order chi connectivity index (χ1) is 7.59. The number of hydrogen-bond donors (Lipinski definition) is 0. The van der Waals surface area contributed by atoms with Crippen LogP contribution in [0, 0.1) is 12.1 Å². The second-order valence-electron chi connectivity index (χ2n) is 4.18. The van der Waals surface area contributed by atoms with Crippen LogP contribution in [0.1, 0.15) is 42.7 Å². The van der Waals surface area contributed by atoms with Crippen molar-refractivity contribution < 1.29 is 14.3 Å². The lowest BCUT2D eigenvalue weighted by Gasteiger charge is -2.24. The molecule has 0 N–H and O–H groups in total. The minimum absolute atomic E-state index is 0.334. The highest BCUT2D eigenvalue weighted by Gasteiger charge is 2.31. The van der Waals surface area contributed by atoms with E-state index in [0.717, 1.165) is 35.1 Å². The molecule has 0 fully saturated rings. The highest BCUT2D eigenvalue weighted by atomic mass is 16.5. The molecule has 1 atom stereocenters. The summed E-state index contributed by atoms with van der Waals surface area (Å²) in [7, 11) is 0. The highest BCUT2D eigenvalue weighted by Crippen LogP contribution is 2.31. The summed E-state index contributed by atoms with van der Waals surface area (Å²) >= 11 is 0. The van der Waals surface area contributed by atoms with Gasteiger partial charge in [0, 0.05) is 18.6 Å². The SMILES string of the molecule is CC(=O)OC1CCCc2c(C)cc[n+]([O-])c21. The molecule has 0 amide bonds. The largest absolute Gasteiger partial charge is 0.618 e. The van der Waals surface area contributed by atoms with Crippen LogP contribution in [0.15, 0.2) is 12.3 Å². The van der Waals surface area contributed by atoms with Crippen molar-refractivity contribution in [3.05, 3.63) is 34.3 Å². The third kappa shape index (κ3) is 1.87. The van der Waals surface area contributed by atoms with Crippen LogP contribution in [0.2, 0.25) is 0 Å². The fraction of sp³-hybridized carbons (Fsp3) is 0.500. The first kappa shape index (κ1) is 10.9. The minimum atomic E-state index is -0.376. The van der Waals surface area contributed by atoms with Gasteiger partial charge in [0.1, 0.15) is 0 Å². The molecule has 1 heterocycles. The molecule has 0 saturated heterocycles. The zero-order chi connectivity index (χ0) is 11.7. The zero-order valence-corrected chi connectivity index (χ0v) is 9.53. The van der Waals surface area contributed by atoms with Crippen molar-refractivity contribution >= 4 is 5.97 Å². The van der Waals surface area contributed by atoms with Gasteiger partial charge in [-0.1, -0.05) is 0 Å². The number of aromatic nitrogens is 1. The molecule has 1 aliphatic rings. The van der Waals surface area contributed by atoms with Gasteiger partial charge in [-0.05, 0) is 31.7 Å². The molecule has 1 aromatic rings. The van der Waals surface area contributed by atoms with E-state index in [1.54, 1.807) is 0 Å². The number of carbonyl (C=O) groups is 1. The lowest BCUT2D eigenvalue weighted by molar-refractivity contribution is -0.619. The Morgan fingerprint density at radius 3 is 3.06 bits per heavy atom. The van der Waals surface area contributed by atoms with E-state index < -0.39 is 0 Å². The fourth-order valence-electron chi connectivity index (χ4n) is 2.27. The lowest BCUT2D eigenvalue weighted by atomic mass is 9.90. The zero-order valence-electron chi connectivity index (χ0n) is 9.53.